The Morgan fingerprint density at radius 3 is 2.59 bits per heavy atom. The number of hydrogen-bond acceptors (Lipinski definition) is 6. The average molecular weight is 425 g/mol. The van der Waals surface area contributed by atoms with Crippen LogP contribution in [0.1, 0.15) is 11.3 Å². The summed E-state index contributed by atoms with van der Waals surface area (Å²) in [6.45, 7) is 1.76. The number of pyridine rings is 2. The summed E-state index contributed by atoms with van der Waals surface area (Å²) >= 11 is 0. The third-order valence-corrected chi connectivity index (χ3v) is 5.15. The van der Waals surface area contributed by atoms with Crippen molar-refractivity contribution < 1.29 is 26.3 Å². The molecule has 29 heavy (non-hydrogen) atoms. The zero-order chi connectivity index (χ0) is 21.4. The molecule has 0 radical (unpaired) electrons. The number of nitrogens with zero attached hydrogens (tertiary/aromatic N) is 4. The smallest absolute Gasteiger partial charge is 0.404 e. The number of fused-ring (bicyclic) bond motifs is 1. The van der Waals surface area contributed by atoms with Gasteiger partial charge in [-0.1, -0.05) is 0 Å². The normalized spacial score (nSPS) is 12.0. The fourth-order valence-electron chi connectivity index (χ4n) is 2.77. The maximum Gasteiger partial charge on any atom is 0.404 e. The van der Waals surface area contributed by atoms with Crippen molar-refractivity contribution in [2.45, 2.75) is 13.1 Å². The second-order valence-electron chi connectivity index (χ2n) is 6.11. The third kappa shape index (κ3) is 4.40. The van der Waals surface area contributed by atoms with Crippen molar-refractivity contribution in [3.05, 3.63) is 41.9 Å². The predicted octanol–water partition coefficient (Wildman–Crippen LogP) is 2.89. The molecule has 0 spiro atoms. The predicted molar refractivity (Wildman–Crippen MR) is 97.9 cm³/mol. The van der Waals surface area contributed by atoms with Crippen molar-refractivity contribution in [1.82, 2.24) is 14.6 Å². The van der Waals surface area contributed by atoms with Crippen LogP contribution in [0.2, 0.25) is 0 Å². The van der Waals surface area contributed by atoms with E-state index >= 15 is 0 Å². The van der Waals surface area contributed by atoms with E-state index in [4.69, 9.17) is 4.74 Å². The van der Waals surface area contributed by atoms with Gasteiger partial charge in [-0.2, -0.15) is 23.5 Å². The highest BCUT2D eigenvalue weighted by atomic mass is 32.2. The number of methoxy groups -OCH3 is 1. The molecule has 3 rings (SSSR count). The number of hydrogen-bond donors (Lipinski definition) is 1. The number of ether oxygens (including phenoxy) is 1. The summed E-state index contributed by atoms with van der Waals surface area (Å²) < 4.78 is 69.6. The molecule has 0 atom stereocenters. The molecule has 3 aromatic heterocycles. The summed E-state index contributed by atoms with van der Waals surface area (Å²) in [6, 6.07) is 6.70. The SMILES string of the molecule is COc1ncc(-c2cc(C)n3ncc(C#N)c3c2)cc1NS(=O)(=O)CC(F)(F)F. The molecule has 3 aromatic rings. The van der Waals surface area contributed by atoms with Gasteiger partial charge in [0.1, 0.15) is 11.8 Å². The van der Waals surface area contributed by atoms with Crippen LogP contribution in [-0.2, 0) is 10.0 Å². The Bertz CT molecular complexity index is 1230. The minimum atomic E-state index is -4.90. The number of anilines is 1. The number of rotatable bonds is 5. The van der Waals surface area contributed by atoms with Crippen LogP contribution in [0, 0.1) is 18.3 Å². The Kier molecular flexibility index (Phi) is 5.10. The molecule has 0 bridgehead atoms. The van der Waals surface area contributed by atoms with E-state index in [2.05, 4.69) is 10.1 Å². The van der Waals surface area contributed by atoms with Crippen molar-refractivity contribution in [2.75, 3.05) is 17.6 Å². The highest BCUT2D eigenvalue weighted by Gasteiger charge is 2.35. The van der Waals surface area contributed by atoms with Gasteiger partial charge in [0.05, 0.1) is 24.4 Å². The molecule has 3 heterocycles. The maximum absolute atomic E-state index is 12.5. The lowest BCUT2D eigenvalue weighted by atomic mass is 10.1. The first-order chi connectivity index (χ1) is 13.5. The number of nitrogens with one attached hydrogen (secondary N) is 1. The van der Waals surface area contributed by atoms with E-state index in [9.17, 15) is 26.9 Å². The molecule has 0 saturated heterocycles. The summed E-state index contributed by atoms with van der Waals surface area (Å²) in [5, 5.41) is 13.3. The van der Waals surface area contributed by atoms with Gasteiger partial charge in [-0.3, -0.25) is 4.72 Å². The Labute approximate surface area is 163 Å². The summed E-state index contributed by atoms with van der Waals surface area (Å²) in [4.78, 5) is 3.98. The van der Waals surface area contributed by atoms with Crippen LogP contribution < -0.4 is 9.46 Å². The van der Waals surface area contributed by atoms with Gasteiger partial charge in [-0.15, -0.1) is 0 Å². The first kappa shape index (κ1) is 20.4. The van der Waals surface area contributed by atoms with Crippen LogP contribution in [0.3, 0.4) is 0 Å². The Hall–Kier alpha value is -3.33. The van der Waals surface area contributed by atoms with Crippen LogP contribution >= 0.6 is 0 Å². The lowest BCUT2D eigenvalue weighted by Crippen LogP contribution is -2.28. The molecule has 0 unspecified atom stereocenters. The van der Waals surface area contributed by atoms with Crippen LogP contribution in [-0.4, -0.2) is 42.1 Å². The molecule has 12 heteroatoms. The fourth-order valence-corrected chi connectivity index (χ4v) is 3.76. The summed E-state index contributed by atoms with van der Waals surface area (Å²) in [5.41, 5.74) is 2.29. The van der Waals surface area contributed by atoms with Crippen LogP contribution in [0.25, 0.3) is 16.6 Å². The Morgan fingerprint density at radius 1 is 1.24 bits per heavy atom. The molecule has 0 aliphatic carbocycles. The minimum Gasteiger partial charge on any atom is -0.480 e. The summed E-state index contributed by atoms with van der Waals surface area (Å²) in [6.07, 6.45) is -2.11. The fraction of sp³-hybridized carbons (Fsp3) is 0.235. The van der Waals surface area contributed by atoms with Crippen LogP contribution in [0.5, 0.6) is 5.88 Å². The standard InChI is InChI=1S/C17H14F3N5O3S/c1-10-3-11(5-15-13(6-21)8-23-25(10)15)12-4-14(16(28-2)22-7-12)24-29(26,27)9-17(18,19)20/h3-5,7-8,24H,9H2,1-2H3. The Morgan fingerprint density at radius 2 is 1.97 bits per heavy atom. The van der Waals surface area contributed by atoms with Gasteiger partial charge in [-0.05, 0) is 30.7 Å². The van der Waals surface area contributed by atoms with Gasteiger partial charge in [0.2, 0.25) is 15.9 Å². The number of alkyl halides is 3. The van der Waals surface area contributed by atoms with Crippen molar-refractivity contribution >= 4 is 21.2 Å². The first-order valence-corrected chi connectivity index (χ1v) is 9.68. The van der Waals surface area contributed by atoms with E-state index < -0.39 is 22.0 Å². The largest absolute Gasteiger partial charge is 0.480 e. The number of aromatic nitrogens is 3. The highest BCUT2D eigenvalue weighted by Crippen LogP contribution is 2.31. The number of nitriles is 1. The lowest BCUT2D eigenvalue weighted by Gasteiger charge is -2.14. The van der Waals surface area contributed by atoms with Gasteiger partial charge in [-0.25, -0.2) is 17.9 Å². The van der Waals surface area contributed by atoms with Gasteiger partial charge < -0.3 is 4.74 Å². The van der Waals surface area contributed by atoms with Gasteiger partial charge >= 0.3 is 6.18 Å². The zero-order valence-corrected chi connectivity index (χ0v) is 16.0. The molecule has 152 valence electrons. The summed E-state index contributed by atoms with van der Waals surface area (Å²) in [5.74, 6) is -2.22. The van der Waals surface area contributed by atoms with E-state index in [1.807, 2.05) is 10.8 Å². The molecule has 8 nitrogen and oxygen atoms in total. The van der Waals surface area contributed by atoms with E-state index in [0.717, 1.165) is 0 Å². The summed E-state index contributed by atoms with van der Waals surface area (Å²) in [7, 11) is -3.51. The number of sulfonamides is 1. The number of halogens is 3. The molecule has 1 N–H and O–H groups in total. The maximum atomic E-state index is 12.5. The highest BCUT2D eigenvalue weighted by molar-refractivity contribution is 7.92. The molecule has 0 aromatic carbocycles. The molecule has 0 fully saturated rings. The average Bonchev–Trinajstić information content (AvgIpc) is 3.02. The van der Waals surface area contributed by atoms with Crippen LogP contribution in [0.15, 0.2) is 30.6 Å². The third-order valence-electron chi connectivity index (χ3n) is 3.91. The van der Waals surface area contributed by atoms with E-state index in [0.29, 0.717) is 27.9 Å². The van der Waals surface area contributed by atoms with Gasteiger partial charge in [0.25, 0.3) is 0 Å². The molecular formula is C17H14F3N5O3S. The number of aryl methyl sites for hydroxylation is 1. The van der Waals surface area contributed by atoms with Gasteiger partial charge in [0, 0.05) is 17.5 Å². The first-order valence-electron chi connectivity index (χ1n) is 8.03. The minimum absolute atomic E-state index is 0.181. The van der Waals surface area contributed by atoms with E-state index in [1.165, 1.54) is 25.6 Å². The quantitative estimate of drug-likeness (QED) is 0.673. The van der Waals surface area contributed by atoms with Crippen molar-refractivity contribution in [2.24, 2.45) is 0 Å². The topological polar surface area (TPSA) is 109 Å². The monoisotopic (exact) mass is 425 g/mol. The lowest BCUT2D eigenvalue weighted by molar-refractivity contribution is -0.106. The van der Waals surface area contributed by atoms with Crippen LogP contribution in [0.4, 0.5) is 18.9 Å². The molecule has 0 amide bonds. The van der Waals surface area contributed by atoms with E-state index in [1.54, 1.807) is 23.6 Å². The van der Waals surface area contributed by atoms with Gasteiger partial charge in [0.15, 0.2) is 5.75 Å². The molecule has 0 aliphatic heterocycles. The molecular weight excluding hydrogens is 411 g/mol. The van der Waals surface area contributed by atoms with E-state index in [-0.39, 0.29) is 11.6 Å². The van der Waals surface area contributed by atoms with Crippen molar-refractivity contribution in [3.8, 4) is 23.1 Å². The molecule has 0 aliphatic rings. The second-order valence-corrected chi connectivity index (χ2v) is 7.83. The van der Waals surface area contributed by atoms with Crippen molar-refractivity contribution in [3.63, 3.8) is 0 Å². The Balaban J connectivity index is 2.08. The molecule has 0 saturated carbocycles. The zero-order valence-electron chi connectivity index (χ0n) is 15.1. The van der Waals surface area contributed by atoms with Crippen molar-refractivity contribution in [1.29, 1.82) is 5.26 Å². The second kappa shape index (κ2) is 7.25.